The Bertz CT molecular complexity index is 459. The van der Waals surface area contributed by atoms with E-state index in [-0.39, 0.29) is 6.42 Å². The van der Waals surface area contributed by atoms with Gasteiger partial charge in [-0.3, -0.25) is 9.63 Å². The normalized spacial score (nSPS) is 13.0. The lowest BCUT2D eigenvalue weighted by molar-refractivity contribution is -0.246. The van der Waals surface area contributed by atoms with Gasteiger partial charge in [0.05, 0.1) is 12.7 Å². The zero-order chi connectivity index (χ0) is 18.4. The van der Waals surface area contributed by atoms with E-state index in [0.717, 1.165) is 7.11 Å². The molecule has 0 saturated heterocycles. The number of hydrogen-bond donors (Lipinski definition) is 0. The van der Waals surface area contributed by atoms with Crippen LogP contribution in [0.15, 0.2) is 0 Å². The maximum atomic E-state index is 12.3. The summed E-state index contributed by atoms with van der Waals surface area (Å²) in [6.45, 7) is 9.65. The van der Waals surface area contributed by atoms with Crippen LogP contribution in [-0.2, 0) is 33.5 Å². The lowest BCUT2D eigenvalue weighted by Crippen LogP contribution is -2.52. The molecule has 8 heteroatoms. The van der Waals surface area contributed by atoms with Gasteiger partial charge >= 0.3 is 17.8 Å². The standard InChI is InChI=1S/C15H25NO7/c1-14(2,3)22-13(20)11(18)16(23-15(4,5)6)10(8-9-17)12(19)21-7/h9-10H,8H2,1-7H3/t10-/m0/s1. The second-order valence-electron chi connectivity index (χ2n) is 6.78. The number of methoxy groups -OCH3 is 1. The largest absolute Gasteiger partial charge is 0.467 e. The van der Waals surface area contributed by atoms with Crippen molar-refractivity contribution in [2.45, 2.75) is 65.2 Å². The molecule has 132 valence electrons. The van der Waals surface area contributed by atoms with E-state index in [4.69, 9.17) is 9.57 Å². The molecule has 1 atom stereocenters. The highest BCUT2D eigenvalue weighted by atomic mass is 16.7. The molecule has 0 saturated carbocycles. The molecule has 0 aromatic carbocycles. The number of aldehydes is 1. The predicted octanol–water partition coefficient (Wildman–Crippen LogP) is 1.02. The number of hydroxylamine groups is 2. The Hall–Kier alpha value is -1.96. The Morgan fingerprint density at radius 3 is 1.91 bits per heavy atom. The molecule has 0 aliphatic rings. The average Bonchev–Trinajstić information content (AvgIpc) is 2.38. The fourth-order valence-corrected chi connectivity index (χ4v) is 1.47. The molecule has 0 radical (unpaired) electrons. The van der Waals surface area contributed by atoms with E-state index in [2.05, 4.69) is 4.74 Å². The van der Waals surface area contributed by atoms with E-state index in [1.165, 1.54) is 0 Å². The first-order valence-corrected chi connectivity index (χ1v) is 7.09. The summed E-state index contributed by atoms with van der Waals surface area (Å²) >= 11 is 0. The van der Waals surface area contributed by atoms with Crippen LogP contribution in [0.2, 0.25) is 0 Å². The smallest absolute Gasteiger partial charge is 0.399 e. The minimum absolute atomic E-state index is 0.378. The van der Waals surface area contributed by atoms with Crippen LogP contribution in [0.5, 0.6) is 0 Å². The molecule has 0 rings (SSSR count). The van der Waals surface area contributed by atoms with Crippen molar-refractivity contribution in [1.82, 2.24) is 5.06 Å². The van der Waals surface area contributed by atoms with Gasteiger partial charge in [-0.25, -0.2) is 9.59 Å². The number of rotatable bonds is 5. The number of ether oxygens (including phenoxy) is 2. The summed E-state index contributed by atoms with van der Waals surface area (Å²) in [4.78, 5) is 52.3. The van der Waals surface area contributed by atoms with Crippen molar-refractivity contribution in [3.63, 3.8) is 0 Å². The van der Waals surface area contributed by atoms with Crippen LogP contribution >= 0.6 is 0 Å². The maximum Gasteiger partial charge on any atom is 0.399 e. The lowest BCUT2D eigenvalue weighted by atomic mass is 10.2. The van der Waals surface area contributed by atoms with E-state index >= 15 is 0 Å². The fraction of sp³-hybridized carbons (Fsp3) is 0.733. The van der Waals surface area contributed by atoms with Crippen molar-refractivity contribution in [1.29, 1.82) is 0 Å². The molecule has 0 aliphatic carbocycles. The van der Waals surface area contributed by atoms with Crippen molar-refractivity contribution in [3.05, 3.63) is 0 Å². The van der Waals surface area contributed by atoms with Crippen LogP contribution in [0.1, 0.15) is 48.0 Å². The molecular formula is C15H25NO7. The minimum Gasteiger partial charge on any atom is -0.467 e. The van der Waals surface area contributed by atoms with Crippen molar-refractivity contribution >= 4 is 24.1 Å². The van der Waals surface area contributed by atoms with Gasteiger partial charge in [-0.2, -0.15) is 5.06 Å². The highest BCUT2D eigenvalue weighted by Gasteiger charge is 2.39. The van der Waals surface area contributed by atoms with Crippen LogP contribution in [0.25, 0.3) is 0 Å². The number of amides is 1. The summed E-state index contributed by atoms with van der Waals surface area (Å²) in [6, 6.07) is -1.38. The van der Waals surface area contributed by atoms with Crippen LogP contribution in [-0.4, -0.2) is 53.5 Å². The first-order chi connectivity index (χ1) is 10.3. The molecule has 0 aromatic heterocycles. The van der Waals surface area contributed by atoms with Crippen LogP contribution in [0.3, 0.4) is 0 Å². The Morgan fingerprint density at radius 2 is 1.57 bits per heavy atom. The first kappa shape index (κ1) is 21.0. The number of esters is 2. The average molecular weight is 331 g/mol. The Balaban J connectivity index is 5.57. The van der Waals surface area contributed by atoms with Gasteiger partial charge in [-0.05, 0) is 41.5 Å². The predicted molar refractivity (Wildman–Crippen MR) is 80.0 cm³/mol. The van der Waals surface area contributed by atoms with Gasteiger partial charge in [-0.1, -0.05) is 0 Å². The highest BCUT2D eigenvalue weighted by Crippen LogP contribution is 2.18. The minimum atomic E-state index is -1.38. The summed E-state index contributed by atoms with van der Waals surface area (Å²) in [5.41, 5.74) is -1.79. The lowest BCUT2D eigenvalue weighted by Gasteiger charge is -2.33. The second kappa shape index (κ2) is 8.05. The molecule has 8 nitrogen and oxygen atoms in total. The Kier molecular flexibility index (Phi) is 7.36. The fourth-order valence-electron chi connectivity index (χ4n) is 1.47. The third kappa shape index (κ3) is 7.73. The number of nitrogens with zero attached hydrogens (tertiary/aromatic N) is 1. The van der Waals surface area contributed by atoms with E-state index in [1.807, 2.05) is 0 Å². The molecule has 0 bridgehead atoms. The van der Waals surface area contributed by atoms with Crippen molar-refractivity contribution < 1.29 is 33.5 Å². The summed E-state index contributed by atoms with van der Waals surface area (Å²) in [5.74, 6) is -3.26. The third-order valence-electron chi connectivity index (χ3n) is 2.22. The molecule has 23 heavy (non-hydrogen) atoms. The molecule has 1 amide bonds. The molecule has 0 N–H and O–H groups in total. The van der Waals surface area contributed by atoms with Crippen molar-refractivity contribution in [2.75, 3.05) is 7.11 Å². The van der Waals surface area contributed by atoms with E-state index in [0.29, 0.717) is 11.3 Å². The number of carbonyl (C=O) groups is 4. The SMILES string of the molecule is COC(=O)[C@H](CC=O)N(OC(C)(C)C)C(=O)C(=O)OC(C)(C)C. The monoisotopic (exact) mass is 331 g/mol. The van der Waals surface area contributed by atoms with Gasteiger partial charge in [0.25, 0.3) is 0 Å². The van der Waals surface area contributed by atoms with E-state index < -0.39 is 35.1 Å². The van der Waals surface area contributed by atoms with Gasteiger partial charge in [0.1, 0.15) is 11.9 Å². The Morgan fingerprint density at radius 1 is 1.04 bits per heavy atom. The van der Waals surface area contributed by atoms with Crippen LogP contribution in [0.4, 0.5) is 0 Å². The third-order valence-corrected chi connectivity index (χ3v) is 2.22. The first-order valence-electron chi connectivity index (χ1n) is 7.09. The zero-order valence-electron chi connectivity index (χ0n) is 14.7. The molecule has 0 unspecified atom stereocenters. The van der Waals surface area contributed by atoms with Gasteiger partial charge in [0, 0.05) is 6.42 Å². The maximum absolute atomic E-state index is 12.3. The van der Waals surface area contributed by atoms with Gasteiger partial charge in [-0.15, -0.1) is 0 Å². The number of hydrogen-bond acceptors (Lipinski definition) is 7. The summed E-state index contributed by atoms with van der Waals surface area (Å²) in [5, 5.41) is 0.550. The number of carbonyl (C=O) groups excluding carboxylic acids is 4. The molecular weight excluding hydrogens is 306 g/mol. The summed E-state index contributed by atoms with van der Waals surface area (Å²) < 4.78 is 9.55. The van der Waals surface area contributed by atoms with Crippen LogP contribution in [0, 0.1) is 0 Å². The molecule has 0 aliphatic heterocycles. The topological polar surface area (TPSA) is 99.2 Å². The highest BCUT2D eigenvalue weighted by molar-refractivity contribution is 6.32. The molecule has 0 heterocycles. The second-order valence-corrected chi connectivity index (χ2v) is 6.78. The van der Waals surface area contributed by atoms with Gasteiger partial charge in [0.2, 0.25) is 0 Å². The van der Waals surface area contributed by atoms with Gasteiger partial charge in [0.15, 0.2) is 6.04 Å². The van der Waals surface area contributed by atoms with E-state index in [9.17, 15) is 19.2 Å². The molecule has 0 aromatic rings. The summed E-state index contributed by atoms with van der Waals surface area (Å²) in [6.07, 6.45) is 0.0558. The summed E-state index contributed by atoms with van der Waals surface area (Å²) in [7, 11) is 1.10. The van der Waals surface area contributed by atoms with Crippen molar-refractivity contribution in [2.24, 2.45) is 0 Å². The molecule has 0 spiro atoms. The van der Waals surface area contributed by atoms with Gasteiger partial charge < -0.3 is 14.3 Å². The van der Waals surface area contributed by atoms with Crippen molar-refractivity contribution in [3.8, 4) is 0 Å². The zero-order valence-corrected chi connectivity index (χ0v) is 14.7. The quantitative estimate of drug-likeness (QED) is 0.321. The Labute approximate surface area is 136 Å². The van der Waals surface area contributed by atoms with E-state index in [1.54, 1.807) is 41.5 Å². The van der Waals surface area contributed by atoms with Crippen LogP contribution < -0.4 is 0 Å². The molecule has 0 fully saturated rings.